The first kappa shape index (κ1) is 19.0. The molecule has 0 spiro atoms. The van der Waals surface area contributed by atoms with E-state index >= 15 is 0 Å². The molecule has 1 aromatic rings. The van der Waals surface area contributed by atoms with Crippen molar-refractivity contribution in [2.24, 2.45) is 0 Å². The van der Waals surface area contributed by atoms with E-state index in [0.29, 0.717) is 12.0 Å². The van der Waals surface area contributed by atoms with Gasteiger partial charge in [0.2, 0.25) is 0 Å². The maximum atomic E-state index is 12.3. The largest absolute Gasteiger partial charge is 0.516 e. The van der Waals surface area contributed by atoms with Crippen molar-refractivity contribution in [3.8, 4) is 0 Å². The van der Waals surface area contributed by atoms with E-state index in [2.05, 4.69) is 0 Å². The van der Waals surface area contributed by atoms with Crippen LogP contribution >= 0.6 is 0 Å². The number of carbonyl (C=O) groups excluding carboxylic acids is 2. The first-order valence-electron chi connectivity index (χ1n) is 7.22. The van der Waals surface area contributed by atoms with Crippen LogP contribution in [0.4, 0.5) is 18.0 Å². The quantitative estimate of drug-likeness (QED) is 0.859. The van der Waals surface area contributed by atoms with E-state index in [4.69, 9.17) is 4.74 Å². The first-order valence-corrected chi connectivity index (χ1v) is 8.70. The highest BCUT2D eigenvalue weighted by molar-refractivity contribution is 7.90. The number of nitrogens with one attached hydrogen (secondary N) is 1. The third-order valence-corrected chi connectivity index (χ3v) is 4.61. The molecule has 2 amide bonds. The molecule has 1 saturated heterocycles. The minimum absolute atomic E-state index is 0.0413. The van der Waals surface area contributed by atoms with Crippen LogP contribution in [0, 0.1) is 0 Å². The number of rotatable bonds is 4. The fourth-order valence-electron chi connectivity index (χ4n) is 2.32. The van der Waals surface area contributed by atoms with Gasteiger partial charge in [0.05, 0.1) is 0 Å². The van der Waals surface area contributed by atoms with Gasteiger partial charge in [-0.1, -0.05) is 30.3 Å². The lowest BCUT2D eigenvalue weighted by Gasteiger charge is -2.23. The lowest BCUT2D eigenvalue weighted by molar-refractivity contribution is -0.124. The van der Waals surface area contributed by atoms with Crippen molar-refractivity contribution in [1.29, 1.82) is 0 Å². The van der Waals surface area contributed by atoms with Gasteiger partial charge in [-0.2, -0.15) is 21.6 Å². The number of nitrogens with zero attached hydrogens (tertiary/aromatic N) is 1. The standard InChI is InChI=1S/C14H15F3N2O5S/c15-14(16,17)25(22,23)18-12(20)11-7-4-8-19(11)13(21)24-9-10-5-2-1-3-6-10/h1-3,5-6,11H,4,7-9H2,(H,18,20)/t11-/m0/s1. The number of sulfonamides is 1. The summed E-state index contributed by atoms with van der Waals surface area (Å²) in [4.78, 5) is 24.8. The number of ether oxygens (including phenoxy) is 1. The Morgan fingerprint density at radius 3 is 2.48 bits per heavy atom. The van der Waals surface area contributed by atoms with Crippen LogP contribution in [0.2, 0.25) is 0 Å². The third kappa shape index (κ3) is 4.62. The van der Waals surface area contributed by atoms with Gasteiger partial charge >= 0.3 is 21.6 Å². The lowest BCUT2D eigenvalue weighted by Crippen LogP contribution is -2.50. The minimum Gasteiger partial charge on any atom is -0.445 e. The zero-order valence-corrected chi connectivity index (χ0v) is 13.6. The van der Waals surface area contributed by atoms with Crippen LogP contribution in [-0.2, 0) is 26.2 Å². The van der Waals surface area contributed by atoms with E-state index in [1.54, 1.807) is 30.3 Å². The molecule has 1 N–H and O–H groups in total. The SMILES string of the molecule is O=C(NS(=O)(=O)C(F)(F)F)[C@@H]1CCCN1C(=O)OCc1ccccc1. The molecule has 0 bridgehead atoms. The summed E-state index contributed by atoms with van der Waals surface area (Å²) in [7, 11) is -5.82. The molecule has 1 aliphatic rings. The molecule has 25 heavy (non-hydrogen) atoms. The molecule has 0 aliphatic carbocycles. The monoisotopic (exact) mass is 380 g/mol. The lowest BCUT2D eigenvalue weighted by atomic mass is 10.2. The highest BCUT2D eigenvalue weighted by atomic mass is 32.2. The Bertz CT molecular complexity index is 737. The Labute approximate surface area is 141 Å². The summed E-state index contributed by atoms with van der Waals surface area (Å²) in [5, 5.41) is 0. The van der Waals surface area contributed by atoms with E-state index in [1.807, 2.05) is 0 Å². The van der Waals surface area contributed by atoms with Gasteiger partial charge in [0.1, 0.15) is 12.6 Å². The van der Waals surface area contributed by atoms with E-state index in [-0.39, 0.29) is 19.6 Å². The molecule has 1 atom stereocenters. The molecule has 2 rings (SSSR count). The van der Waals surface area contributed by atoms with Crippen molar-refractivity contribution < 1.29 is 35.9 Å². The van der Waals surface area contributed by atoms with Crippen LogP contribution < -0.4 is 4.72 Å². The minimum atomic E-state index is -5.82. The molecule has 0 aromatic heterocycles. The van der Waals surface area contributed by atoms with Crippen molar-refractivity contribution in [2.75, 3.05) is 6.54 Å². The molecule has 1 aliphatic heterocycles. The number of likely N-dealkylation sites (tertiary alicyclic amines) is 1. The first-order chi connectivity index (χ1) is 11.6. The molecule has 0 unspecified atom stereocenters. The molecule has 1 aromatic carbocycles. The molecular weight excluding hydrogens is 365 g/mol. The predicted molar refractivity (Wildman–Crippen MR) is 79.5 cm³/mol. The molecule has 0 saturated carbocycles. The summed E-state index contributed by atoms with van der Waals surface area (Å²) in [6.45, 7) is 0.00311. The predicted octanol–water partition coefficient (Wildman–Crippen LogP) is 1.75. The second-order valence-electron chi connectivity index (χ2n) is 5.31. The maximum absolute atomic E-state index is 12.3. The summed E-state index contributed by atoms with van der Waals surface area (Å²) in [6, 6.07) is 7.32. The normalized spacial score (nSPS) is 18.0. The fourth-order valence-corrected chi connectivity index (χ4v) is 2.83. The van der Waals surface area contributed by atoms with Crippen LogP contribution in [0.25, 0.3) is 0 Å². The average molecular weight is 380 g/mol. The van der Waals surface area contributed by atoms with E-state index in [9.17, 15) is 31.2 Å². The third-order valence-electron chi connectivity index (χ3n) is 3.53. The second-order valence-corrected chi connectivity index (χ2v) is 6.98. The number of alkyl halides is 3. The smallest absolute Gasteiger partial charge is 0.445 e. The molecule has 138 valence electrons. The van der Waals surface area contributed by atoms with Gasteiger partial charge in [-0.05, 0) is 18.4 Å². The van der Waals surface area contributed by atoms with Gasteiger partial charge in [0.15, 0.2) is 0 Å². The summed E-state index contributed by atoms with van der Waals surface area (Å²) in [5.41, 5.74) is -4.92. The number of hydrogen-bond donors (Lipinski definition) is 1. The van der Waals surface area contributed by atoms with Crippen molar-refractivity contribution in [1.82, 2.24) is 9.62 Å². The topological polar surface area (TPSA) is 92.8 Å². The Morgan fingerprint density at radius 2 is 1.88 bits per heavy atom. The van der Waals surface area contributed by atoms with Gasteiger partial charge in [0.25, 0.3) is 5.91 Å². The fraction of sp³-hybridized carbons (Fsp3) is 0.429. The van der Waals surface area contributed by atoms with Crippen molar-refractivity contribution in [3.63, 3.8) is 0 Å². The van der Waals surface area contributed by atoms with Crippen molar-refractivity contribution in [2.45, 2.75) is 31.0 Å². The van der Waals surface area contributed by atoms with Gasteiger partial charge in [-0.3, -0.25) is 9.69 Å². The number of hydrogen-bond acceptors (Lipinski definition) is 5. The summed E-state index contributed by atoms with van der Waals surface area (Å²) >= 11 is 0. The van der Waals surface area contributed by atoms with Gasteiger partial charge in [0, 0.05) is 6.54 Å². The Kier molecular flexibility index (Phi) is 5.55. The number of carbonyl (C=O) groups is 2. The number of halogens is 3. The van der Waals surface area contributed by atoms with Gasteiger partial charge in [-0.15, -0.1) is 0 Å². The highest BCUT2D eigenvalue weighted by Crippen LogP contribution is 2.24. The maximum Gasteiger partial charge on any atom is 0.516 e. The summed E-state index contributed by atoms with van der Waals surface area (Å²) < 4.78 is 65.0. The zero-order chi connectivity index (χ0) is 18.7. The second kappa shape index (κ2) is 7.30. The van der Waals surface area contributed by atoms with Crippen LogP contribution in [0.5, 0.6) is 0 Å². The van der Waals surface area contributed by atoms with Crippen LogP contribution in [0.15, 0.2) is 30.3 Å². The Hall–Kier alpha value is -2.30. The summed E-state index contributed by atoms with van der Waals surface area (Å²) in [6.07, 6.45) is -0.518. The molecule has 0 radical (unpaired) electrons. The molecular formula is C14H15F3N2O5S. The van der Waals surface area contributed by atoms with Crippen molar-refractivity contribution >= 4 is 22.0 Å². The Morgan fingerprint density at radius 1 is 1.24 bits per heavy atom. The van der Waals surface area contributed by atoms with Crippen LogP contribution in [-0.4, -0.2) is 43.4 Å². The summed E-state index contributed by atoms with van der Waals surface area (Å²) in [5.74, 6) is -1.41. The average Bonchev–Trinajstić information content (AvgIpc) is 3.02. The molecule has 1 heterocycles. The van der Waals surface area contributed by atoms with Gasteiger partial charge in [-0.25, -0.2) is 9.52 Å². The number of benzene rings is 1. The van der Waals surface area contributed by atoms with Crippen LogP contribution in [0.1, 0.15) is 18.4 Å². The van der Waals surface area contributed by atoms with Gasteiger partial charge < -0.3 is 4.74 Å². The van der Waals surface area contributed by atoms with E-state index in [1.165, 1.54) is 0 Å². The zero-order valence-electron chi connectivity index (χ0n) is 12.8. The van der Waals surface area contributed by atoms with E-state index < -0.39 is 33.6 Å². The van der Waals surface area contributed by atoms with E-state index in [0.717, 1.165) is 9.62 Å². The Balaban J connectivity index is 1.99. The number of amides is 2. The highest BCUT2D eigenvalue weighted by Gasteiger charge is 2.48. The molecule has 1 fully saturated rings. The van der Waals surface area contributed by atoms with Crippen molar-refractivity contribution in [3.05, 3.63) is 35.9 Å². The molecule has 7 nitrogen and oxygen atoms in total. The van der Waals surface area contributed by atoms with Crippen LogP contribution in [0.3, 0.4) is 0 Å². The molecule has 11 heteroatoms.